The zero-order valence-electron chi connectivity index (χ0n) is 16.4. The zero-order chi connectivity index (χ0) is 19.7. The third-order valence-electron chi connectivity index (χ3n) is 5.20. The van der Waals surface area contributed by atoms with Gasteiger partial charge in [0, 0.05) is 49.9 Å². The van der Waals surface area contributed by atoms with Crippen molar-refractivity contribution < 1.29 is 9.32 Å². The highest BCUT2D eigenvalue weighted by molar-refractivity contribution is 5.96. The average Bonchev–Trinajstić information content (AvgIpc) is 3.35. The summed E-state index contributed by atoms with van der Waals surface area (Å²) in [5.41, 5.74) is 4.12. The Morgan fingerprint density at radius 3 is 2.68 bits per heavy atom. The molecule has 0 radical (unpaired) electrons. The van der Waals surface area contributed by atoms with Crippen molar-refractivity contribution in [2.24, 2.45) is 0 Å². The van der Waals surface area contributed by atoms with Crippen LogP contribution in [0.1, 0.15) is 30.7 Å². The minimum absolute atomic E-state index is 0.0621. The molecular formula is C22H24N4O2. The molecule has 1 fully saturated rings. The van der Waals surface area contributed by atoms with Gasteiger partial charge in [0.1, 0.15) is 0 Å². The van der Waals surface area contributed by atoms with Crippen molar-refractivity contribution in [2.75, 3.05) is 30.4 Å². The number of rotatable bonds is 5. The summed E-state index contributed by atoms with van der Waals surface area (Å²) >= 11 is 0. The standard InChI is InChI=1S/C22H24N4O2/c1-4-15-8-10-18(11-9-15)26-14-17(13-20(26)27)21-23-22(28-24-21)16-6-5-7-19(12-16)25(2)3/h5-12,17H,4,13-14H2,1-3H3/t17-/m0/s1. The minimum Gasteiger partial charge on any atom is -0.378 e. The highest BCUT2D eigenvalue weighted by Gasteiger charge is 2.34. The van der Waals surface area contributed by atoms with Crippen molar-refractivity contribution in [3.8, 4) is 11.5 Å². The quantitative estimate of drug-likeness (QED) is 0.676. The number of carbonyl (C=O) groups is 1. The van der Waals surface area contributed by atoms with Crippen molar-refractivity contribution in [3.63, 3.8) is 0 Å². The Labute approximate surface area is 164 Å². The maximum Gasteiger partial charge on any atom is 0.258 e. The maximum absolute atomic E-state index is 12.5. The lowest BCUT2D eigenvalue weighted by Crippen LogP contribution is -2.24. The first-order chi connectivity index (χ1) is 13.5. The van der Waals surface area contributed by atoms with Crippen LogP contribution in [0.15, 0.2) is 53.1 Å². The molecule has 1 atom stereocenters. The third-order valence-corrected chi connectivity index (χ3v) is 5.20. The van der Waals surface area contributed by atoms with Crippen LogP contribution in [0.5, 0.6) is 0 Å². The van der Waals surface area contributed by atoms with E-state index in [1.165, 1.54) is 5.56 Å². The molecule has 0 unspecified atom stereocenters. The van der Waals surface area contributed by atoms with Gasteiger partial charge >= 0.3 is 0 Å². The second-order valence-electron chi connectivity index (χ2n) is 7.33. The van der Waals surface area contributed by atoms with Crippen LogP contribution in [0, 0.1) is 0 Å². The highest BCUT2D eigenvalue weighted by atomic mass is 16.5. The van der Waals surface area contributed by atoms with Crippen molar-refractivity contribution >= 4 is 17.3 Å². The molecule has 6 nitrogen and oxygen atoms in total. The zero-order valence-corrected chi connectivity index (χ0v) is 16.4. The van der Waals surface area contributed by atoms with Crippen LogP contribution in [0.4, 0.5) is 11.4 Å². The first kappa shape index (κ1) is 18.2. The summed E-state index contributed by atoms with van der Waals surface area (Å²) in [6, 6.07) is 16.1. The van der Waals surface area contributed by atoms with Crippen LogP contribution < -0.4 is 9.80 Å². The van der Waals surface area contributed by atoms with Crippen LogP contribution in [-0.2, 0) is 11.2 Å². The molecule has 1 aliphatic heterocycles. The molecule has 2 heterocycles. The van der Waals surface area contributed by atoms with E-state index < -0.39 is 0 Å². The molecule has 0 N–H and O–H groups in total. The molecule has 1 aliphatic rings. The normalized spacial score (nSPS) is 16.6. The molecular weight excluding hydrogens is 352 g/mol. The molecule has 6 heteroatoms. The topological polar surface area (TPSA) is 62.5 Å². The number of amides is 1. The van der Waals surface area contributed by atoms with E-state index in [0.717, 1.165) is 23.4 Å². The Morgan fingerprint density at radius 2 is 1.96 bits per heavy atom. The molecule has 28 heavy (non-hydrogen) atoms. The van der Waals surface area contributed by atoms with Gasteiger partial charge in [0.25, 0.3) is 5.89 Å². The lowest BCUT2D eigenvalue weighted by molar-refractivity contribution is -0.117. The fourth-order valence-electron chi connectivity index (χ4n) is 3.48. The van der Waals surface area contributed by atoms with E-state index in [4.69, 9.17) is 4.52 Å². The maximum atomic E-state index is 12.5. The largest absolute Gasteiger partial charge is 0.378 e. The summed E-state index contributed by atoms with van der Waals surface area (Å²) < 4.78 is 5.49. The van der Waals surface area contributed by atoms with Gasteiger partial charge in [-0.05, 0) is 42.3 Å². The van der Waals surface area contributed by atoms with Crippen LogP contribution in [0.25, 0.3) is 11.5 Å². The molecule has 3 aromatic rings. The van der Waals surface area contributed by atoms with Gasteiger partial charge in [-0.3, -0.25) is 4.79 Å². The molecule has 1 amide bonds. The van der Waals surface area contributed by atoms with E-state index in [1.807, 2.05) is 60.3 Å². The number of aryl methyl sites for hydroxylation is 1. The van der Waals surface area contributed by atoms with Crippen LogP contribution >= 0.6 is 0 Å². The van der Waals surface area contributed by atoms with E-state index in [0.29, 0.717) is 24.7 Å². The first-order valence-electron chi connectivity index (χ1n) is 9.56. The van der Waals surface area contributed by atoms with Gasteiger partial charge < -0.3 is 14.3 Å². The minimum atomic E-state index is -0.0621. The van der Waals surface area contributed by atoms with Crippen LogP contribution in [0.3, 0.4) is 0 Å². The molecule has 0 bridgehead atoms. The summed E-state index contributed by atoms with van der Waals surface area (Å²) in [5.74, 6) is 1.10. The van der Waals surface area contributed by atoms with Gasteiger partial charge in [-0.15, -0.1) is 0 Å². The Hall–Kier alpha value is -3.15. The number of benzene rings is 2. The van der Waals surface area contributed by atoms with E-state index in [9.17, 15) is 4.79 Å². The van der Waals surface area contributed by atoms with Crippen molar-refractivity contribution in [3.05, 3.63) is 59.9 Å². The average molecular weight is 376 g/mol. The van der Waals surface area contributed by atoms with Gasteiger partial charge in [0.15, 0.2) is 5.82 Å². The molecule has 0 aliphatic carbocycles. The Kier molecular flexibility index (Phi) is 4.86. The number of anilines is 2. The van der Waals surface area contributed by atoms with E-state index in [-0.39, 0.29) is 11.8 Å². The third kappa shape index (κ3) is 3.50. The molecule has 0 saturated carbocycles. The Balaban J connectivity index is 1.53. The van der Waals surface area contributed by atoms with Crippen molar-refractivity contribution in [1.29, 1.82) is 0 Å². The van der Waals surface area contributed by atoms with Crippen molar-refractivity contribution in [2.45, 2.75) is 25.7 Å². The van der Waals surface area contributed by atoms with E-state index >= 15 is 0 Å². The Morgan fingerprint density at radius 1 is 1.18 bits per heavy atom. The summed E-state index contributed by atoms with van der Waals surface area (Å²) in [5, 5.41) is 4.16. The van der Waals surface area contributed by atoms with E-state index in [1.54, 1.807) is 0 Å². The predicted octanol–water partition coefficient (Wildman–Crippen LogP) is 3.89. The molecule has 4 rings (SSSR count). The second-order valence-corrected chi connectivity index (χ2v) is 7.33. The molecule has 1 saturated heterocycles. The second kappa shape index (κ2) is 7.46. The van der Waals surface area contributed by atoms with Crippen molar-refractivity contribution in [1.82, 2.24) is 10.1 Å². The van der Waals surface area contributed by atoms with Gasteiger partial charge in [-0.2, -0.15) is 4.98 Å². The SMILES string of the molecule is CCc1ccc(N2C[C@@H](c3noc(-c4cccc(N(C)C)c4)n3)CC2=O)cc1. The first-order valence-corrected chi connectivity index (χ1v) is 9.56. The number of hydrogen-bond acceptors (Lipinski definition) is 5. The Bertz CT molecular complexity index is 978. The fourth-order valence-corrected chi connectivity index (χ4v) is 3.48. The lowest BCUT2D eigenvalue weighted by Gasteiger charge is -2.16. The van der Waals surface area contributed by atoms with Crippen LogP contribution in [0.2, 0.25) is 0 Å². The summed E-state index contributed by atoms with van der Waals surface area (Å²) in [6.45, 7) is 2.69. The van der Waals surface area contributed by atoms with Crippen LogP contribution in [-0.4, -0.2) is 36.7 Å². The molecule has 2 aromatic carbocycles. The summed E-state index contributed by atoms with van der Waals surface area (Å²) in [6.07, 6.45) is 1.38. The number of nitrogens with zero attached hydrogens (tertiary/aromatic N) is 4. The summed E-state index contributed by atoms with van der Waals surface area (Å²) in [4.78, 5) is 21.0. The summed E-state index contributed by atoms with van der Waals surface area (Å²) in [7, 11) is 3.98. The predicted molar refractivity (Wildman–Crippen MR) is 110 cm³/mol. The van der Waals surface area contributed by atoms with Gasteiger partial charge in [-0.25, -0.2) is 0 Å². The van der Waals surface area contributed by atoms with Gasteiger partial charge in [0.2, 0.25) is 5.91 Å². The van der Waals surface area contributed by atoms with E-state index in [2.05, 4.69) is 29.2 Å². The fraction of sp³-hybridized carbons (Fsp3) is 0.318. The monoisotopic (exact) mass is 376 g/mol. The smallest absolute Gasteiger partial charge is 0.258 e. The highest BCUT2D eigenvalue weighted by Crippen LogP contribution is 2.32. The molecule has 1 aromatic heterocycles. The number of hydrogen-bond donors (Lipinski definition) is 0. The lowest BCUT2D eigenvalue weighted by atomic mass is 10.1. The van der Waals surface area contributed by atoms with Gasteiger partial charge in [-0.1, -0.05) is 30.3 Å². The molecule has 144 valence electrons. The van der Waals surface area contributed by atoms with Gasteiger partial charge in [0.05, 0.1) is 0 Å². The molecule has 0 spiro atoms. The number of carbonyl (C=O) groups excluding carboxylic acids is 1. The number of aromatic nitrogens is 2.